The molecule has 61 heavy (non-hydrogen) atoms. The van der Waals surface area contributed by atoms with Gasteiger partial charge < -0.3 is 9.80 Å². The van der Waals surface area contributed by atoms with Crippen LogP contribution in [0.3, 0.4) is 0 Å². The average molecular weight is 787 g/mol. The molecule has 2 nitrogen and oxygen atoms in total. The van der Waals surface area contributed by atoms with Gasteiger partial charge in [0.25, 0.3) is 0 Å². The molecule has 0 saturated carbocycles. The number of anilines is 6. The molecule has 10 aromatic carbocycles. The third-order valence-corrected chi connectivity index (χ3v) is 12.7. The Morgan fingerprint density at radius 3 is 1.15 bits per heavy atom. The van der Waals surface area contributed by atoms with Crippen molar-refractivity contribution in [2.45, 2.75) is 5.41 Å². The lowest BCUT2D eigenvalue weighted by molar-refractivity contribution is 0.628. The van der Waals surface area contributed by atoms with Gasteiger partial charge >= 0.3 is 0 Å². The largest absolute Gasteiger partial charge is 0.308 e. The third-order valence-electron chi connectivity index (χ3n) is 12.7. The SMILES string of the molecule is Fc1ccccc1N(c1ccccc1)c1ccc2c3c(ccc2c1)-c1ccc2cc(N(c4ccccc4)c4ccccc4F)ccc2c1C31c2ccccc2-c2ccccc21. The smallest absolute Gasteiger partial charge is 0.147 e. The number of benzene rings is 10. The van der Waals surface area contributed by atoms with Gasteiger partial charge in [0.05, 0.1) is 16.8 Å². The lowest BCUT2D eigenvalue weighted by atomic mass is 9.68. The fourth-order valence-corrected chi connectivity index (χ4v) is 10.3. The van der Waals surface area contributed by atoms with Crippen molar-refractivity contribution in [1.82, 2.24) is 0 Å². The van der Waals surface area contributed by atoms with Crippen molar-refractivity contribution in [2.24, 2.45) is 0 Å². The summed E-state index contributed by atoms with van der Waals surface area (Å²) in [7, 11) is 0. The molecule has 0 atom stereocenters. The number of para-hydroxylation sites is 4. The highest BCUT2D eigenvalue weighted by Gasteiger charge is 2.53. The summed E-state index contributed by atoms with van der Waals surface area (Å²) in [5, 5.41) is 4.42. The summed E-state index contributed by atoms with van der Waals surface area (Å²) in [6, 6.07) is 73.8. The summed E-state index contributed by atoms with van der Waals surface area (Å²) in [4.78, 5) is 4.00. The van der Waals surface area contributed by atoms with E-state index in [1.165, 1.54) is 56.6 Å². The Morgan fingerprint density at radius 2 is 0.705 bits per heavy atom. The Balaban J connectivity index is 1.12. The standard InChI is InChI=1S/C57H36F2N2/c58-51-23-11-13-25-53(51)60(39-15-3-1-4-16-39)41-29-33-43-37(35-41)27-31-47-48-32-28-38-36-42(61(40-17-5-2-6-18-40)54-26-14-12-24-52(54)59)30-34-44(38)56(48)57(55(43)47)49-21-9-7-19-45(49)46-20-8-10-22-50(46)57/h1-36H. The zero-order valence-corrected chi connectivity index (χ0v) is 32.9. The summed E-state index contributed by atoms with van der Waals surface area (Å²) in [6.07, 6.45) is 0. The van der Waals surface area contributed by atoms with Gasteiger partial charge in [0, 0.05) is 22.7 Å². The van der Waals surface area contributed by atoms with Gasteiger partial charge in [-0.3, -0.25) is 0 Å². The van der Waals surface area contributed by atoms with Crippen molar-refractivity contribution in [3.8, 4) is 22.3 Å². The maximum atomic E-state index is 15.7. The minimum atomic E-state index is -0.644. The van der Waals surface area contributed by atoms with Gasteiger partial charge in [0.1, 0.15) is 11.6 Å². The molecule has 0 aromatic heterocycles. The van der Waals surface area contributed by atoms with Crippen LogP contribution in [0.15, 0.2) is 218 Å². The molecule has 10 aromatic rings. The second-order valence-electron chi connectivity index (χ2n) is 15.9. The maximum Gasteiger partial charge on any atom is 0.147 e. The van der Waals surface area contributed by atoms with Crippen LogP contribution < -0.4 is 9.80 Å². The summed E-state index contributed by atoms with van der Waals surface area (Å²) in [5.74, 6) is -0.574. The van der Waals surface area contributed by atoms with Gasteiger partial charge in [-0.15, -0.1) is 0 Å². The number of fused-ring (bicyclic) bond motifs is 14. The van der Waals surface area contributed by atoms with E-state index in [1.807, 2.05) is 94.7 Å². The number of hydrogen-bond donors (Lipinski definition) is 0. The van der Waals surface area contributed by atoms with Crippen LogP contribution in [0.5, 0.6) is 0 Å². The summed E-state index contributed by atoms with van der Waals surface area (Å²) in [5.41, 5.74) is 13.7. The molecule has 288 valence electrons. The Kier molecular flexibility index (Phi) is 7.85. The number of nitrogens with zero attached hydrogens (tertiary/aromatic N) is 2. The van der Waals surface area contributed by atoms with Crippen LogP contribution in [-0.2, 0) is 5.41 Å². The van der Waals surface area contributed by atoms with E-state index < -0.39 is 5.41 Å². The van der Waals surface area contributed by atoms with E-state index in [0.717, 1.165) is 44.3 Å². The fourth-order valence-electron chi connectivity index (χ4n) is 10.3. The molecular formula is C57H36F2N2. The van der Waals surface area contributed by atoms with Gasteiger partial charge in [-0.05, 0) is 139 Å². The van der Waals surface area contributed by atoms with Crippen LogP contribution in [0.1, 0.15) is 22.3 Å². The second-order valence-corrected chi connectivity index (χ2v) is 15.9. The summed E-state index contributed by atoms with van der Waals surface area (Å²) < 4.78 is 31.3. The molecule has 0 amide bonds. The molecule has 0 radical (unpaired) electrons. The first-order valence-corrected chi connectivity index (χ1v) is 20.6. The van der Waals surface area contributed by atoms with Crippen molar-refractivity contribution in [1.29, 1.82) is 0 Å². The summed E-state index contributed by atoms with van der Waals surface area (Å²) in [6.45, 7) is 0. The molecular weight excluding hydrogens is 751 g/mol. The first kappa shape index (κ1) is 35.2. The van der Waals surface area contributed by atoms with E-state index in [0.29, 0.717) is 11.4 Å². The lowest BCUT2D eigenvalue weighted by Crippen LogP contribution is -2.26. The molecule has 0 unspecified atom stereocenters. The Labute approximate surface area is 352 Å². The van der Waals surface area contributed by atoms with Crippen molar-refractivity contribution < 1.29 is 8.78 Å². The van der Waals surface area contributed by atoms with Gasteiger partial charge in [-0.1, -0.05) is 146 Å². The molecule has 0 saturated heterocycles. The molecule has 0 aliphatic heterocycles. The number of rotatable bonds is 6. The predicted molar refractivity (Wildman–Crippen MR) is 247 cm³/mol. The normalized spacial score (nSPS) is 12.9. The van der Waals surface area contributed by atoms with Crippen molar-refractivity contribution in [2.75, 3.05) is 9.80 Å². The maximum absolute atomic E-state index is 15.7. The molecule has 2 aliphatic carbocycles. The monoisotopic (exact) mass is 786 g/mol. The van der Waals surface area contributed by atoms with Crippen LogP contribution >= 0.6 is 0 Å². The first-order valence-electron chi connectivity index (χ1n) is 20.6. The average Bonchev–Trinajstić information content (AvgIpc) is 3.79. The van der Waals surface area contributed by atoms with Crippen molar-refractivity contribution in [3.05, 3.63) is 252 Å². The Bertz CT molecular complexity index is 3130. The van der Waals surface area contributed by atoms with E-state index in [-0.39, 0.29) is 11.6 Å². The highest BCUT2D eigenvalue weighted by molar-refractivity contribution is 6.10. The Hall–Kier alpha value is -7.82. The number of hydrogen-bond acceptors (Lipinski definition) is 2. The molecule has 0 heterocycles. The van der Waals surface area contributed by atoms with E-state index in [2.05, 4.69) is 109 Å². The topological polar surface area (TPSA) is 6.48 Å². The van der Waals surface area contributed by atoms with E-state index in [1.54, 1.807) is 12.1 Å². The quantitative estimate of drug-likeness (QED) is 0.166. The zero-order chi connectivity index (χ0) is 40.7. The van der Waals surface area contributed by atoms with Crippen LogP contribution in [-0.4, -0.2) is 0 Å². The Morgan fingerprint density at radius 1 is 0.311 bits per heavy atom. The van der Waals surface area contributed by atoms with Gasteiger partial charge in [-0.2, -0.15) is 0 Å². The molecule has 0 fully saturated rings. The molecule has 1 spiro atoms. The van der Waals surface area contributed by atoms with E-state index in [4.69, 9.17) is 0 Å². The molecule has 0 bridgehead atoms. The molecule has 0 N–H and O–H groups in total. The van der Waals surface area contributed by atoms with Crippen molar-refractivity contribution in [3.63, 3.8) is 0 Å². The van der Waals surface area contributed by atoms with Crippen molar-refractivity contribution >= 4 is 55.7 Å². The van der Waals surface area contributed by atoms with E-state index >= 15 is 8.78 Å². The first-order chi connectivity index (χ1) is 30.1. The van der Waals surface area contributed by atoms with Crippen LogP contribution in [0.2, 0.25) is 0 Å². The molecule has 2 aliphatic rings. The summed E-state index contributed by atoms with van der Waals surface area (Å²) >= 11 is 0. The lowest BCUT2D eigenvalue weighted by Gasteiger charge is -2.33. The fraction of sp³-hybridized carbons (Fsp3) is 0.0175. The van der Waals surface area contributed by atoms with E-state index in [9.17, 15) is 0 Å². The predicted octanol–water partition coefficient (Wildman–Crippen LogP) is 15.6. The zero-order valence-electron chi connectivity index (χ0n) is 32.9. The minimum Gasteiger partial charge on any atom is -0.308 e. The van der Waals surface area contributed by atoms with Gasteiger partial charge in [0.15, 0.2) is 0 Å². The highest BCUT2D eigenvalue weighted by atomic mass is 19.1. The second kappa shape index (κ2) is 13.6. The van der Waals surface area contributed by atoms with Crippen LogP contribution in [0.25, 0.3) is 43.8 Å². The number of halogens is 2. The van der Waals surface area contributed by atoms with Crippen LogP contribution in [0.4, 0.5) is 42.9 Å². The van der Waals surface area contributed by atoms with Gasteiger partial charge in [0.2, 0.25) is 0 Å². The van der Waals surface area contributed by atoms with Gasteiger partial charge in [-0.25, -0.2) is 8.78 Å². The minimum absolute atomic E-state index is 0.287. The highest BCUT2D eigenvalue weighted by Crippen LogP contribution is 2.65. The molecule has 12 rings (SSSR count). The molecule has 4 heteroatoms. The van der Waals surface area contributed by atoms with Crippen LogP contribution in [0, 0.1) is 11.6 Å². The third kappa shape index (κ3) is 5.12.